The van der Waals surface area contributed by atoms with Crippen LogP contribution in [0.3, 0.4) is 0 Å². The highest BCUT2D eigenvalue weighted by Gasteiger charge is 2.17. The summed E-state index contributed by atoms with van der Waals surface area (Å²) in [4.78, 5) is 11.2. The zero-order chi connectivity index (χ0) is 12.6. The summed E-state index contributed by atoms with van der Waals surface area (Å²) in [6.07, 6.45) is 0. The second-order valence-electron chi connectivity index (χ2n) is 4.75. The Morgan fingerprint density at radius 3 is 2.12 bits per heavy atom. The Kier molecular flexibility index (Phi) is 3.71. The zero-order valence-corrected chi connectivity index (χ0v) is 13.8. The molecule has 0 aliphatic heterocycles. The lowest BCUT2D eigenvalue weighted by atomic mass is 9.95. The minimum atomic E-state index is 0.173. The molecule has 0 aliphatic rings. The molecule has 0 amide bonds. The second-order valence-corrected chi connectivity index (χ2v) is 7.46. The largest absolute Gasteiger partial charge is 0.220 e. The minimum absolute atomic E-state index is 0.173. The van der Waals surface area contributed by atoms with Crippen molar-refractivity contribution in [3.8, 4) is 10.7 Å². The van der Waals surface area contributed by atoms with E-state index in [0.717, 1.165) is 19.9 Å². The van der Waals surface area contributed by atoms with Crippen LogP contribution in [0.15, 0.2) is 27.4 Å². The van der Waals surface area contributed by atoms with E-state index in [0.29, 0.717) is 0 Å². The molecule has 0 bridgehead atoms. The topological polar surface area (TPSA) is 25.8 Å². The summed E-state index contributed by atoms with van der Waals surface area (Å²) >= 11 is 8.50. The molecule has 2 aromatic heterocycles. The van der Waals surface area contributed by atoms with Gasteiger partial charge >= 0.3 is 0 Å². The third-order valence-corrected chi connectivity index (χ3v) is 4.55. The first kappa shape index (κ1) is 13.2. The maximum Gasteiger partial charge on any atom is 0.171 e. The summed E-state index contributed by atoms with van der Waals surface area (Å²) in [5.74, 6) is 0.756. The molecule has 17 heavy (non-hydrogen) atoms. The summed E-state index contributed by atoms with van der Waals surface area (Å²) in [6.45, 7) is 6.63. The zero-order valence-electron chi connectivity index (χ0n) is 9.79. The van der Waals surface area contributed by atoms with Gasteiger partial charge in [-0.25, -0.2) is 9.97 Å². The molecule has 0 atom stereocenters. The Labute approximate surface area is 122 Å². The summed E-state index contributed by atoms with van der Waals surface area (Å²) in [7, 11) is 0. The second kappa shape index (κ2) is 4.78. The van der Waals surface area contributed by atoms with Gasteiger partial charge in [-0.3, -0.25) is 0 Å². The Bertz CT molecular complexity index is 523. The molecular weight excluding hydrogens is 364 g/mol. The van der Waals surface area contributed by atoms with Gasteiger partial charge in [0.15, 0.2) is 5.82 Å². The minimum Gasteiger partial charge on any atom is -0.220 e. The average Bonchev–Trinajstić information content (AvgIpc) is 2.63. The van der Waals surface area contributed by atoms with E-state index in [4.69, 9.17) is 0 Å². The normalized spacial score (nSPS) is 11.8. The van der Waals surface area contributed by atoms with E-state index in [2.05, 4.69) is 74.7 Å². The number of halogens is 2. The average molecular weight is 376 g/mol. The molecule has 0 saturated carbocycles. The number of hydrogen-bond acceptors (Lipinski definition) is 3. The van der Waals surface area contributed by atoms with E-state index in [9.17, 15) is 0 Å². The molecule has 0 radical (unpaired) electrons. The third kappa shape index (κ3) is 3.14. The Balaban J connectivity index is 2.44. The van der Waals surface area contributed by atoms with Crippen molar-refractivity contribution < 1.29 is 0 Å². The lowest BCUT2D eigenvalue weighted by Gasteiger charge is -2.15. The Morgan fingerprint density at radius 2 is 1.65 bits per heavy atom. The molecule has 90 valence electrons. The fraction of sp³-hybridized carbons (Fsp3) is 0.333. The highest BCUT2D eigenvalue weighted by molar-refractivity contribution is 9.11. The number of nitrogens with zero attached hydrogens (tertiary/aromatic N) is 2. The molecule has 2 rings (SSSR count). The van der Waals surface area contributed by atoms with Gasteiger partial charge in [0.25, 0.3) is 0 Å². The predicted molar refractivity (Wildman–Crippen MR) is 79.4 cm³/mol. The SMILES string of the molecule is CC(C)(C)c1ccc(-c2nc(Br)cc(Br)n2)s1. The van der Waals surface area contributed by atoms with Gasteiger partial charge in [0.05, 0.1) is 4.88 Å². The monoisotopic (exact) mass is 374 g/mol. The third-order valence-electron chi connectivity index (χ3n) is 2.23. The summed E-state index contributed by atoms with van der Waals surface area (Å²) in [6, 6.07) is 6.07. The molecule has 0 spiro atoms. The number of hydrogen-bond donors (Lipinski definition) is 0. The Hall–Kier alpha value is -0.260. The number of rotatable bonds is 1. The maximum absolute atomic E-state index is 4.39. The molecule has 2 nitrogen and oxygen atoms in total. The lowest BCUT2D eigenvalue weighted by molar-refractivity contribution is 0.604. The smallest absolute Gasteiger partial charge is 0.171 e. The quantitative estimate of drug-likeness (QED) is 0.653. The van der Waals surface area contributed by atoms with Crippen LogP contribution in [0.25, 0.3) is 10.7 Å². The van der Waals surface area contributed by atoms with Crippen LogP contribution >= 0.6 is 43.2 Å². The van der Waals surface area contributed by atoms with Gasteiger partial charge in [0.2, 0.25) is 0 Å². The molecule has 2 heterocycles. The fourth-order valence-electron chi connectivity index (χ4n) is 1.36. The summed E-state index contributed by atoms with van der Waals surface area (Å²) in [5, 5.41) is 0. The van der Waals surface area contributed by atoms with E-state index < -0.39 is 0 Å². The van der Waals surface area contributed by atoms with Crippen molar-refractivity contribution in [2.24, 2.45) is 0 Å². The van der Waals surface area contributed by atoms with E-state index in [1.165, 1.54) is 4.88 Å². The van der Waals surface area contributed by atoms with Gasteiger partial charge in [-0.15, -0.1) is 11.3 Å². The molecule has 0 aliphatic carbocycles. The highest BCUT2D eigenvalue weighted by Crippen LogP contribution is 2.34. The van der Waals surface area contributed by atoms with Crippen molar-refractivity contribution >= 4 is 43.2 Å². The van der Waals surface area contributed by atoms with Crippen LogP contribution in [0.4, 0.5) is 0 Å². The van der Waals surface area contributed by atoms with Crippen LogP contribution in [0.1, 0.15) is 25.6 Å². The van der Waals surface area contributed by atoms with Gasteiger partial charge in [0.1, 0.15) is 9.21 Å². The van der Waals surface area contributed by atoms with Crippen molar-refractivity contribution in [2.45, 2.75) is 26.2 Å². The lowest BCUT2D eigenvalue weighted by Crippen LogP contribution is -2.07. The van der Waals surface area contributed by atoms with E-state index in [1.54, 1.807) is 11.3 Å². The van der Waals surface area contributed by atoms with Crippen LogP contribution in [0.2, 0.25) is 0 Å². The molecule has 0 aromatic carbocycles. The van der Waals surface area contributed by atoms with Crippen LogP contribution < -0.4 is 0 Å². The number of aromatic nitrogens is 2. The standard InChI is InChI=1S/C12H12Br2N2S/c1-12(2,3)8-5-4-7(17-8)11-15-9(13)6-10(14)16-11/h4-6H,1-3H3. The highest BCUT2D eigenvalue weighted by atomic mass is 79.9. The molecule has 0 fully saturated rings. The van der Waals surface area contributed by atoms with Crippen LogP contribution in [0, 0.1) is 0 Å². The first-order valence-electron chi connectivity index (χ1n) is 5.17. The molecular formula is C12H12Br2N2S. The molecule has 2 aromatic rings. The predicted octanol–water partition coefficient (Wildman–Crippen LogP) is 5.03. The molecule has 5 heteroatoms. The van der Waals surface area contributed by atoms with Crippen LogP contribution in [0.5, 0.6) is 0 Å². The van der Waals surface area contributed by atoms with Crippen molar-refractivity contribution in [1.29, 1.82) is 0 Å². The molecule has 0 unspecified atom stereocenters. The first-order valence-corrected chi connectivity index (χ1v) is 7.57. The van der Waals surface area contributed by atoms with Crippen molar-refractivity contribution in [1.82, 2.24) is 9.97 Å². The number of thiophene rings is 1. The van der Waals surface area contributed by atoms with Crippen molar-refractivity contribution in [3.05, 3.63) is 32.3 Å². The molecule has 0 N–H and O–H groups in total. The summed E-state index contributed by atoms with van der Waals surface area (Å²) in [5.41, 5.74) is 0.173. The first-order chi connectivity index (χ1) is 7.86. The van der Waals surface area contributed by atoms with Gasteiger partial charge in [0, 0.05) is 10.9 Å². The van der Waals surface area contributed by atoms with Gasteiger partial charge in [-0.05, 0) is 49.4 Å². The summed E-state index contributed by atoms with van der Waals surface area (Å²) < 4.78 is 1.58. The van der Waals surface area contributed by atoms with Gasteiger partial charge in [-0.2, -0.15) is 0 Å². The van der Waals surface area contributed by atoms with Gasteiger partial charge in [-0.1, -0.05) is 20.8 Å². The van der Waals surface area contributed by atoms with E-state index in [-0.39, 0.29) is 5.41 Å². The Morgan fingerprint density at radius 1 is 1.06 bits per heavy atom. The van der Waals surface area contributed by atoms with E-state index in [1.807, 2.05) is 6.07 Å². The van der Waals surface area contributed by atoms with Crippen molar-refractivity contribution in [2.75, 3.05) is 0 Å². The van der Waals surface area contributed by atoms with Gasteiger partial charge < -0.3 is 0 Å². The molecule has 0 saturated heterocycles. The van der Waals surface area contributed by atoms with Crippen LogP contribution in [-0.4, -0.2) is 9.97 Å². The van der Waals surface area contributed by atoms with Crippen molar-refractivity contribution in [3.63, 3.8) is 0 Å². The van der Waals surface area contributed by atoms with Crippen LogP contribution in [-0.2, 0) is 5.41 Å². The fourth-order valence-corrected chi connectivity index (χ4v) is 3.44. The van der Waals surface area contributed by atoms with E-state index >= 15 is 0 Å². The maximum atomic E-state index is 4.39.